The molecular formula is C17H22N2. The number of hydrogen-bond acceptors (Lipinski definition) is 1. The van der Waals surface area contributed by atoms with Crippen LogP contribution in [0.1, 0.15) is 36.1 Å². The van der Waals surface area contributed by atoms with Crippen molar-refractivity contribution in [3.05, 3.63) is 35.0 Å². The van der Waals surface area contributed by atoms with Crippen LogP contribution in [0.5, 0.6) is 0 Å². The first-order valence-electron chi connectivity index (χ1n) is 7.73. The highest BCUT2D eigenvalue weighted by atomic mass is 14.9. The first kappa shape index (κ1) is 11.5. The Morgan fingerprint density at radius 1 is 1.16 bits per heavy atom. The normalized spacial score (nSPS) is 22.8. The molecule has 2 aromatic rings. The molecule has 1 aliphatic heterocycles. The second-order valence-electron chi connectivity index (χ2n) is 6.23. The Morgan fingerprint density at radius 2 is 2.16 bits per heavy atom. The third kappa shape index (κ3) is 2.08. The van der Waals surface area contributed by atoms with E-state index in [1.54, 1.807) is 5.56 Å². The molecule has 0 amide bonds. The lowest BCUT2D eigenvalue weighted by atomic mass is 9.91. The van der Waals surface area contributed by atoms with Crippen molar-refractivity contribution in [2.75, 3.05) is 13.1 Å². The Hall–Kier alpha value is -1.28. The molecule has 2 heterocycles. The number of aromatic amines is 1. The maximum atomic E-state index is 3.59. The first-order valence-corrected chi connectivity index (χ1v) is 7.73. The van der Waals surface area contributed by atoms with Gasteiger partial charge in [-0.1, -0.05) is 6.07 Å². The summed E-state index contributed by atoms with van der Waals surface area (Å²) in [6.45, 7) is 2.41. The van der Waals surface area contributed by atoms with Crippen molar-refractivity contribution in [3.63, 3.8) is 0 Å². The number of hydrogen-bond donors (Lipinski definition) is 2. The fourth-order valence-electron chi connectivity index (χ4n) is 3.85. The van der Waals surface area contributed by atoms with E-state index in [1.807, 2.05) is 0 Å². The van der Waals surface area contributed by atoms with Gasteiger partial charge in [0.1, 0.15) is 0 Å². The Morgan fingerprint density at radius 3 is 3.05 bits per heavy atom. The summed E-state index contributed by atoms with van der Waals surface area (Å²) < 4.78 is 0. The molecule has 2 heteroatoms. The van der Waals surface area contributed by atoms with Gasteiger partial charge in [0.15, 0.2) is 0 Å². The molecule has 1 fully saturated rings. The van der Waals surface area contributed by atoms with Crippen molar-refractivity contribution in [1.29, 1.82) is 0 Å². The van der Waals surface area contributed by atoms with Gasteiger partial charge >= 0.3 is 0 Å². The number of aromatic nitrogens is 1. The van der Waals surface area contributed by atoms with E-state index in [9.17, 15) is 0 Å². The quantitative estimate of drug-likeness (QED) is 0.846. The van der Waals surface area contributed by atoms with Crippen molar-refractivity contribution in [2.24, 2.45) is 5.92 Å². The smallest absolute Gasteiger partial charge is 0.0459 e. The standard InChI is InChI=1S/C17H22N2/c1-4-14-15-10-12(9-13-3-2-8-18-11-13)6-7-17(15)19-16(14)5-1/h6-7,10,13,18-19H,1-5,8-9,11H2. The topological polar surface area (TPSA) is 27.8 Å². The molecule has 1 aromatic heterocycles. The minimum Gasteiger partial charge on any atom is -0.358 e. The van der Waals surface area contributed by atoms with Crippen LogP contribution in [0.25, 0.3) is 10.9 Å². The van der Waals surface area contributed by atoms with E-state index >= 15 is 0 Å². The van der Waals surface area contributed by atoms with E-state index in [4.69, 9.17) is 0 Å². The maximum Gasteiger partial charge on any atom is 0.0459 e. The lowest BCUT2D eigenvalue weighted by Crippen LogP contribution is -2.30. The molecule has 1 unspecified atom stereocenters. The summed E-state index contributed by atoms with van der Waals surface area (Å²) in [4.78, 5) is 3.59. The second kappa shape index (κ2) is 4.68. The molecule has 1 atom stereocenters. The zero-order valence-electron chi connectivity index (χ0n) is 11.5. The number of benzene rings is 1. The minimum absolute atomic E-state index is 0.832. The van der Waals surface area contributed by atoms with Crippen LogP contribution in [0, 0.1) is 5.92 Å². The van der Waals surface area contributed by atoms with E-state index in [0.717, 1.165) is 5.92 Å². The monoisotopic (exact) mass is 254 g/mol. The summed E-state index contributed by atoms with van der Waals surface area (Å²) in [6, 6.07) is 7.06. The fourth-order valence-corrected chi connectivity index (χ4v) is 3.85. The predicted octanol–water partition coefficient (Wildman–Crippen LogP) is 3.20. The average Bonchev–Trinajstić information content (AvgIpc) is 3.01. The molecule has 2 nitrogen and oxygen atoms in total. The third-order valence-corrected chi connectivity index (χ3v) is 4.84. The van der Waals surface area contributed by atoms with Crippen molar-refractivity contribution >= 4 is 10.9 Å². The molecule has 1 saturated heterocycles. The van der Waals surface area contributed by atoms with Gasteiger partial charge in [0, 0.05) is 16.6 Å². The molecule has 1 aromatic carbocycles. The first-order chi connectivity index (χ1) is 9.40. The summed E-state index contributed by atoms with van der Waals surface area (Å²) in [5.74, 6) is 0.832. The summed E-state index contributed by atoms with van der Waals surface area (Å²) in [5.41, 5.74) is 5.95. The van der Waals surface area contributed by atoms with Gasteiger partial charge in [-0.3, -0.25) is 0 Å². The van der Waals surface area contributed by atoms with Gasteiger partial charge in [0.25, 0.3) is 0 Å². The predicted molar refractivity (Wildman–Crippen MR) is 79.6 cm³/mol. The molecule has 0 bridgehead atoms. The van der Waals surface area contributed by atoms with Crippen molar-refractivity contribution in [3.8, 4) is 0 Å². The van der Waals surface area contributed by atoms with E-state index in [1.165, 1.54) is 73.8 Å². The van der Waals surface area contributed by atoms with Crippen molar-refractivity contribution < 1.29 is 0 Å². The van der Waals surface area contributed by atoms with Crippen LogP contribution in [0.3, 0.4) is 0 Å². The minimum atomic E-state index is 0.832. The number of rotatable bonds is 2. The van der Waals surface area contributed by atoms with Gasteiger partial charge in [0.2, 0.25) is 0 Å². The van der Waals surface area contributed by atoms with E-state index in [2.05, 4.69) is 28.5 Å². The van der Waals surface area contributed by atoms with E-state index < -0.39 is 0 Å². The van der Waals surface area contributed by atoms with E-state index in [0.29, 0.717) is 0 Å². The average molecular weight is 254 g/mol. The fraction of sp³-hybridized carbons (Fsp3) is 0.529. The molecule has 1 aliphatic carbocycles. The molecule has 0 spiro atoms. The van der Waals surface area contributed by atoms with Crippen LogP contribution in [-0.4, -0.2) is 18.1 Å². The zero-order chi connectivity index (χ0) is 12.7. The van der Waals surface area contributed by atoms with Crippen LogP contribution >= 0.6 is 0 Å². The Balaban J connectivity index is 1.63. The van der Waals surface area contributed by atoms with Gasteiger partial charge in [0.05, 0.1) is 0 Å². The molecule has 100 valence electrons. The van der Waals surface area contributed by atoms with Gasteiger partial charge < -0.3 is 10.3 Å². The largest absolute Gasteiger partial charge is 0.358 e. The lowest BCUT2D eigenvalue weighted by molar-refractivity contribution is 0.376. The maximum absolute atomic E-state index is 3.59. The van der Waals surface area contributed by atoms with Crippen LogP contribution < -0.4 is 5.32 Å². The molecule has 0 radical (unpaired) electrons. The summed E-state index contributed by atoms with van der Waals surface area (Å²) >= 11 is 0. The van der Waals surface area contributed by atoms with Crippen molar-refractivity contribution in [2.45, 2.75) is 38.5 Å². The highest BCUT2D eigenvalue weighted by molar-refractivity contribution is 5.85. The SMILES string of the molecule is c1cc2[nH]c3c(c2cc1CC1CCCNC1)CCC3. The molecule has 19 heavy (non-hydrogen) atoms. The van der Waals surface area contributed by atoms with Gasteiger partial charge in [-0.2, -0.15) is 0 Å². The molecular weight excluding hydrogens is 232 g/mol. The molecule has 4 rings (SSSR count). The number of aryl methyl sites for hydroxylation is 2. The molecule has 0 saturated carbocycles. The lowest BCUT2D eigenvalue weighted by Gasteiger charge is -2.22. The zero-order valence-corrected chi connectivity index (χ0v) is 11.5. The molecule has 2 aliphatic rings. The Labute approximate surface area is 114 Å². The van der Waals surface area contributed by atoms with Crippen LogP contribution in [0.15, 0.2) is 18.2 Å². The van der Waals surface area contributed by atoms with Crippen LogP contribution in [0.2, 0.25) is 0 Å². The third-order valence-electron chi connectivity index (χ3n) is 4.84. The second-order valence-corrected chi connectivity index (χ2v) is 6.23. The van der Waals surface area contributed by atoms with Gasteiger partial charge in [-0.25, -0.2) is 0 Å². The number of fused-ring (bicyclic) bond motifs is 3. The highest BCUT2D eigenvalue weighted by Crippen LogP contribution is 2.31. The summed E-state index contributed by atoms with van der Waals surface area (Å²) in [7, 11) is 0. The highest BCUT2D eigenvalue weighted by Gasteiger charge is 2.18. The number of piperidine rings is 1. The van der Waals surface area contributed by atoms with Crippen molar-refractivity contribution in [1.82, 2.24) is 10.3 Å². The van der Waals surface area contributed by atoms with Gasteiger partial charge in [-0.05, 0) is 80.8 Å². The van der Waals surface area contributed by atoms with Gasteiger partial charge in [-0.15, -0.1) is 0 Å². The van der Waals surface area contributed by atoms with E-state index in [-0.39, 0.29) is 0 Å². The Kier molecular flexibility index (Phi) is 2.84. The Bertz CT molecular complexity index is 591. The van der Waals surface area contributed by atoms with Crippen LogP contribution in [0.4, 0.5) is 0 Å². The molecule has 2 N–H and O–H groups in total. The number of nitrogens with one attached hydrogen (secondary N) is 2. The summed E-state index contributed by atoms with van der Waals surface area (Å²) in [5, 5.41) is 5.02. The summed E-state index contributed by atoms with van der Waals surface area (Å²) in [6.07, 6.45) is 7.80. The van der Waals surface area contributed by atoms with Crippen LogP contribution in [-0.2, 0) is 19.3 Å². The number of H-pyrrole nitrogens is 1.